The second-order valence-electron chi connectivity index (χ2n) is 5.71. The molecule has 2 heterocycles. The molecule has 1 aromatic rings. The first kappa shape index (κ1) is 13.1. The van der Waals surface area contributed by atoms with Crippen molar-refractivity contribution in [2.45, 2.75) is 51.6 Å². The fourth-order valence-electron chi connectivity index (χ4n) is 3.25. The van der Waals surface area contributed by atoms with Gasteiger partial charge in [0.25, 0.3) is 0 Å². The van der Waals surface area contributed by atoms with Gasteiger partial charge in [-0.25, -0.2) is 0 Å². The van der Waals surface area contributed by atoms with E-state index in [1.54, 1.807) is 0 Å². The quantitative estimate of drug-likeness (QED) is 0.828. The summed E-state index contributed by atoms with van der Waals surface area (Å²) < 4.78 is 5.27. The molecule has 1 aromatic heterocycles. The van der Waals surface area contributed by atoms with Crippen LogP contribution < -0.4 is 0 Å². The van der Waals surface area contributed by atoms with E-state index in [2.05, 4.69) is 26.9 Å². The second kappa shape index (κ2) is 6.01. The van der Waals surface area contributed by atoms with Gasteiger partial charge in [-0.1, -0.05) is 24.9 Å². The first-order chi connectivity index (χ1) is 9.35. The van der Waals surface area contributed by atoms with E-state index < -0.39 is 0 Å². The number of aromatic nitrogens is 2. The van der Waals surface area contributed by atoms with Crippen LogP contribution in [0, 0.1) is 0 Å². The maximum atomic E-state index is 5.27. The number of rotatable bonds is 4. The standard InChI is InChI=1S/C14H24N4O/c1-2-13-15-14(19-16-13)11-17-7-9-18(10-8-17)12-5-3-4-6-12/h12H,2-11H2,1H3. The fraction of sp³-hybridized carbons (Fsp3) is 0.857. The molecule has 3 rings (SSSR count). The van der Waals surface area contributed by atoms with Crippen molar-refractivity contribution in [3.8, 4) is 0 Å². The average molecular weight is 264 g/mol. The molecule has 1 saturated carbocycles. The molecule has 0 atom stereocenters. The minimum Gasteiger partial charge on any atom is -0.338 e. The summed E-state index contributed by atoms with van der Waals surface area (Å²) in [6.45, 7) is 7.50. The normalized spacial score (nSPS) is 23.2. The Morgan fingerprint density at radius 1 is 1.16 bits per heavy atom. The summed E-state index contributed by atoms with van der Waals surface area (Å²) in [5.74, 6) is 1.59. The van der Waals surface area contributed by atoms with E-state index in [0.29, 0.717) is 0 Å². The van der Waals surface area contributed by atoms with Crippen LogP contribution in [0.3, 0.4) is 0 Å². The summed E-state index contributed by atoms with van der Waals surface area (Å²) in [4.78, 5) is 9.49. The minimum atomic E-state index is 0.770. The summed E-state index contributed by atoms with van der Waals surface area (Å²) in [5, 5.41) is 3.95. The van der Waals surface area contributed by atoms with Crippen LogP contribution in [-0.2, 0) is 13.0 Å². The molecule has 2 fully saturated rings. The average Bonchev–Trinajstić information content (AvgIpc) is 3.10. The Balaban J connectivity index is 1.47. The van der Waals surface area contributed by atoms with Crippen LogP contribution in [0.2, 0.25) is 0 Å². The molecule has 1 aliphatic heterocycles. The van der Waals surface area contributed by atoms with Gasteiger partial charge in [0.15, 0.2) is 5.82 Å². The first-order valence-electron chi connectivity index (χ1n) is 7.63. The molecule has 19 heavy (non-hydrogen) atoms. The van der Waals surface area contributed by atoms with Crippen molar-refractivity contribution in [1.29, 1.82) is 0 Å². The molecular weight excluding hydrogens is 240 g/mol. The summed E-state index contributed by atoms with van der Waals surface area (Å²) in [5.41, 5.74) is 0. The number of hydrogen-bond acceptors (Lipinski definition) is 5. The van der Waals surface area contributed by atoms with E-state index in [-0.39, 0.29) is 0 Å². The van der Waals surface area contributed by atoms with E-state index in [1.165, 1.54) is 38.8 Å². The third-order valence-electron chi connectivity index (χ3n) is 4.43. The highest BCUT2D eigenvalue weighted by molar-refractivity contribution is 4.88. The molecule has 0 amide bonds. The molecule has 0 aromatic carbocycles. The molecule has 0 radical (unpaired) electrons. The number of nitrogens with zero attached hydrogens (tertiary/aromatic N) is 4. The molecule has 5 nitrogen and oxygen atoms in total. The lowest BCUT2D eigenvalue weighted by molar-refractivity contribution is 0.0868. The van der Waals surface area contributed by atoms with Gasteiger partial charge < -0.3 is 4.52 Å². The zero-order valence-corrected chi connectivity index (χ0v) is 11.8. The van der Waals surface area contributed by atoms with Gasteiger partial charge in [-0.2, -0.15) is 4.98 Å². The summed E-state index contributed by atoms with van der Waals surface area (Å²) in [6, 6.07) is 0.859. The molecule has 1 saturated heterocycles. The Labute approximate surface area is 115 Å². The largest absolute Gasteiger partial charge is 0.338 e. The highest BCUT2D eigenvalue weighted by atomic mass is 16.5. The van der Waals surface area contributed by atoms with E-state index in [4.69, 9.17) is 4.52 Å². The van der Waals surface area contributed by atoms with Crippen LogP contribution >= 0.6 is 0 Å². The predicted octanol–water partition coefficient (Wildman–Crippen LogP) is 1.69. The second-order valence-corrected chi connectivity index (χ2v) is 5.71. The van der Waals surface area contributed by atoms with Crippen LogP contribution in [0.5, 0.6) is 0 Å². The van der Waals surface area contributed by atoms with Gasteiger partial charge in [0, 0.05) is 38.6 Å². The molecule has 0 bridgehead atoms. The molecule has 0 N–H and O–H groups in total. The van der Waals surface area contributed by atoms with Gasteiger partial charge in [-0.3, -0.25) is 9.80 Å². The van der Waals surface area contributed by atoms with Crippen molar-refractivity contribution in [3.63, 3.8) is 0 Å². The van der Waals surface area contributed by atoms with E-state index in [9.17, 15) is 0 Å². The lowest BCUT2D eigenvalue weighted by Crippen LogP contribution is -2.49. The number of hydrogen-bond donors (Lipinski definition) is 0. The summed E-state index contributed by atoms with van der Waals surface area (Å²) in [7, 11) is 0. The van der Waals surface area contributed by atoms with E-state index >= 15 is 0 Å². The molecule has 0 spiro atoms. The molecule has 2 aliphatic rings. The molecule has 1 aliphatic carbocycles. The van der Waals surface area contributed by atoms with Gasteiger partial charge >= 0.3 is 0 Å². The van der Waals surface area contributed by atoms with Crippen molar-refractivity contribution in [2.24, 2.45) is 0 Å². The van der Waals surface area contributed by atoms with Crippen LogP contribution in [0.4, 0.5) is 0 Å². The maximum Gasteiger partial charge on any atom is 0.240 e. The van der Waals surface area contributed by atoms with Crippen molar-refractivity contribution in [1.82, 2.24) is 19.9 Å². The zero-order valence-electron chi connectivity index (χ0n) is 11.8. The van der Waals surface area contributed by atoms with Crippen molar-refractivity contribution in [2.75, 3.05) is 26.2 Å². The molecule has 5 heteroatoms. The minimum absolute atomic E-state index is 0.770. The van der Waals surface area contributed by atoms with Crippen LogP contribution in [0.25, 0.3) is 0 Å². The Hall–Kier alpha value is -0.940. The molecule has 0 unspecified atom stereocenters. The Morgan fingerprint density at radius 3 is 2.53 bits per heavy atom. The highest BCUT2D eigenvalue weighted by Gasteiger charge is 2.26. The van der Waals surface area contributed by atoms with Gasteiger partial charge in [0.1, 0.15) is 0 Å². The van der Waals surface area contributed by atoms with Gasteiger partial charge in [-0.05, 0) is 12.8 Å². The lowest BCUT2D eigenvalue weighted by atomic mass is 10.2. The van der Waals surface area contributed by atoms with Gasteiger partial charge in [0.2, 0.25) is 5.89 Å². The summed E-state index contributed by atoms with van der Waals surface area (Å²) >= 11 is 0. The van der Waals surface area contributed by atoms with E-state index in [0.717, 1.165) is 43.8 Å². The van der Waals surface area contributed by atoms with Crippen molar-refractivity contribution < 1.29 is 4.52 Å². The third kappa shape index (κ3) is 3.15. The Bertz CT molecular complexity index is 392. The van der Waals surface area contributed by atoms with Crippen molar-refractivity contribution >= 4 is 0 Å². The Morgan fingerprint density at radius 2 is 1.89 bits per heavy atom. The molecule has 106 valence electrons. The third-order valence-corrected chi connectivity index (χ3v) is 4.43. The van der Waals surface area contributed by atoms with Gasteiger partial charge in [-0.15, -0.1) is 0 Å². The predicted molar refractivity (Wildman–Crippen MR) is 72.8 cm³/mol. The maximum absolute atomic E-state index is 5.27. The van der Waals surface area contributed by atoms with Crippen LogP contribution in [-0.4, -0.2) is 52.2 Å². The molecular formula is C14H24N4O. The van der Waals surface area contributed by atoms with E-state index in [1.807, 2.05) is 0 Å². The SMILES string of the molecule is CCc1noc(CN2CCN(C3CCCC3)CC2)n1. The number of aryl methyl sites for hydroxylation is 1. The van der Waals surface area contributed by atoms with Crippen molar-refractivity contribution in [3.05, 3.63) is 11.7 Å². The Kier molecular flexibility index (Phi) is 4.13. The lowest BCUT2D eigenvalue weighted by Gasteiger charge is -2.37. The highest BCUT2D eigenvalue weighted by Crippen LogP contribution is 2.24. The fourth-order valence-corrected chi connectivity index (χ4v) is 3.25. The van der Waals surface area contributed by atoms with Crippen LogP contribution in [0.1, 0.15) is 44.3 Å². The topological polar surface area (TPSA) is 45.4 Å². The van der Waals surface area contributed by atoms with Crippen LogP contribution in [0.15, 0.2) is 4.52 Å². The first-order valence-corrected chi connectivity index (χ1v) is 7.63. The summed E-state index contributed by atoms with van der Waals surface area (Å²) in [6.07, 6.45) is 6.51. The zero-order chi connectivity index (χ0) is 13.1. The smallest absolute Gasteiger partial charge is 0.240 e. The number of piperazine rings is 1. The monoisotopic (exact) mass is 264 g/mol. The van der Waals surface area contributed by atoms with Gasteiger partial charge in [0.05, 0.1) is 6.54 Å².